The lowest BCUT2D eigenvalue weighted by atomic mass is 9.85. The molecule has 20 heavy (non-hydrogen) atoms. The van der Waals surface area contributed by atoms with Crippen molar-refractivity contribution < 1.29 is 14.0 Å². The molecule has 1 aliphatic rings. The number of rotatable bonds is 2. The minimum Gasteiger partial charge on any atom is -0.458 e. The highest BCUT2D eigenvalue weighted by atomic mass is 16.3. The lowest BCUT2D eigenvalue weighted by molar-refractivity contribution is -0.119. The third-order valence-electron chi connectivity index (χ3n) is 3.74. The fourth-order valence-corrected chi connectivity index (χ4v) is 2.41. The van der Waals surface area contributed by atoms with Crippen LogP contribution in [0.2, 0.25) is 0 Å². The number of fused-ring (bicyclic) bond motifs is 1. The highest BCUT2D eigenvalue weighted by Crippen LogP contribution is 2.38. The van der Waals surface area contributed by atoms with Crippen LogP contribution in [0, 0.1) is 6.92 Å². The van der Waals surface area contributed by atoms with Crippen molar-refractivity contribution in [3.63, 3.8) is 0 Å². The van der Waals surface area contributed by atoms with E-state index in [4.69, 9.17) is 4.42 Å². The van der Waals surface area contributed by atoms with Crippen LogP contribution in [-0.2, 0) is 10.2 Å². The van der Waals surface area contributed by atoms with Gasteiger partial charge < -0.3 is 9.73 Å². The van der Waals surface area contributed by atoms with Gasteiger partial charge in [-0.3, -0.25) is 9.59 Å². The molecule has 1 aromatic carbocycles. The molecule has 0 aliphatic carbocycles. The molecule has 0 atom stereocenters. The van der Waals surface area contributed by atoms with Gasteiger partial charge in [0.05, 0.1) is 5.41 Å². The van der Waals surface area contributed by atoms with Crippen LogP contribution >= 0.6 is 0 Å². The maximum atomic E-state index is 12.4. The Balaban J connectivity index is 2.04. The molecule has 1 aromatic heterocycles. The molecule has 1 amide bonds. The van der Waals surface area contributed by atoms with Crippen molar-refractivity contribution in [3.05, 3.63) is 53.0 Å². The van der Waals surface area contributed by atoms with Crippen LogP contribution < -0.4 is 5.32 Å². The average molecular weight is 269 g/mol. The summed E-state index contributed by atoms with van der Waals surface area (Å²) in [6, 6.07) is 8.67. The zero-order chi connectivity index (χ0) is 14.5. The summed E-state index contributed by atoms with van der Waals surface area (Å²) in [5, 5.41) is 2.82. The summed E-state index contributed by atoms with van der Waals surface area (Å²) in [5.74, 6) is 0.797. The number of hydrogen-bond acceptors (Lipinski definition) is 3. The second-order valence-electron chi connectivity index (χ2n) is 5.58. The van der Waals surface area contributed by atoms with Crippen molar-refractivity contribution in [3.8, 4) is 0 Å². The summed E-state index contributed by atoms with van der Waals surface area (Å²) in [6.07, 6.45) is 0. The Hall–Kier alpha value is -2.36. The van der Waals surface area contributed by atoms with E-state index in [1.807, 2.05) is 13.8 Å². The number of furan rings is 1. The first kappa shape index (κ1) is 12.7. The number of amides is 1. The van der Waals surface area contributed by atoms with Gasteiger partial charge in [0.1, 0.15) is 5.76 Å². The number of aryl methyl sites for hydroxylation is 1. The van der Waals surface area contributed by atoms with Crippen molar-refractivity contribution in [2.24, 2.45) is 0 Å². The Kier molecular flexibility index (Phi) is 2.57. The molecular formula is C16H15NO3. The molecule has 0 spiro atoms. The average Bonchev–Trinajstić information content (AvgIpc) is 2.92. The standard InChI is InChI=1S/C16H15NO3/c1-9-4-7-13(20-9)14(18)10-5-6-12-11(8-10)16(2,3)15(19)17-12/h4-8H,1-3H3,(H,17,19). The van der Waals surface area contributed by atoms with Gasteiger partial charge in [-0.05, 0) is 56.7 Å². The third kappa shape index (κ3) is 1.76. The Bertz CT molecular complexity index is 725. The third-order valence-corrected chi connectivity index (χ3v) is 3.74. The van der Waals surface area contributed by atoms with Crippen LogP contribution in [0.3, 0.4) is 0 Å². The van der Waals surface area contributed by atoms with Gasteiger partial charge in [0.15, 0.2) is 5.76 Å². The van der Waals surface area contributed by atoms with Crippen LogP contribution in [0.15, 0.2) is 34.7 Å². The Morgan fingerprint density at radius 2 is 1.95 bits per heavy atom. The highest BCUT2D eigenvalue weighted by molar-refractivity contribution is 6.10. The minimum absolute atomic E-state index is 0.0501. The van der Waals surface area contributed by atoms with E-state index in [9.17, 15) is 9.59 Å². The number of ketones is 1. The molecule has 0 radical (unpaired) electrons. The van der Waals surface area contributed by atoms with Gasteiger partial charge in [-0.2, -0.15) is 0 Å². The summed E-state index contributed by atoms with van der Waals surface area (Å²) in [6.45, 7) is 5.49. The molecular weight excluding hydrogens is 254 g/mol. The van der Waals surface area contributed by atoms with Gasteiger partial charge in [-0.15, -0.1) is 0 Å². The van der Waals surface area contributed by atoms with Crippen LogP contribution in [0.25, 0.3) is 0 Å². The molecule has 0 saturated heterocycles. The summed E-state index contributed by atoms with van der Waals surface area (Å²) >= 11 is 0. The monoisotopic (exact) mass is 269 g/mol. The van der Waals surface area contributed by atoms with Gasteiger partial charge in [0.2, 0.25) is 11.7 Å². The maximum Gasteiger partial charge on any atom is 0.234 e. The summed E-state index contributed by atoms with van der Waals surface area (Å²) in [5.41, 5.74) is 1.52. The van der Waals surface area contributed by atoms with E-state index in [2.05, 4.69) is 5.32 Å². The first-order valence-corrected chi connectivity index (χ1v) is 6.47. The molecule has 2 aromatic rings. The van der Waals surface area contributed by atoms with Gasteiger partial charge in [-0.25, -0.2) is 0 Å². The minimum atomic E-state index is -0.620. The van der Waals surface area contributed by atoms with Crippen molar-refractivity contribution in [1.82, 2.24) is 0 Å². The number of carbonyl (C=O) groups is 2. The zero-order valence-corrected chi connectivity index (χ0v) is 11.6. The zero-order valence-electron chi connectivity index (χ0n) is 11.6. The molecule has 4 nitrogen and oxygen atoms in total. The number of carbonyl (C=O) groups excluding carboxylic acids is 2. The van der Waals surface area contributed by atoms with Gasteiger partial charge >= 0.3 is 0 Å². The van der Waals surface area contributed by atoms with Gasteiger partial charge in [0, 0.05) is 11.3 Å². The van der Waals surface area contributed by atoms with Crippen molar-refractivity contribution in [2.45, 2.75) is 26.2 Å². The van der Waals surface area contributed by atoms with Crippen molar-refractivity contribution in [2.75, 3.05) is 5.32 Å². The second-order valence-corrected chi connectivity index (χ2v) is 5.58. The molecule has 0 unspecified atom stereocenters. The molecule has 102 valence electrons. The predicted molar refractivity (Wildman–Crippen MR) is 75.0 cm³/mol. The van der Waals surface area contributed by atoms with Crippen LogP contribution in [0.5, 0.6) is 0 Å². The van der Waals surface area contributed by atoms with Crippen molar-refractivity contribution in [1.29, 1.82) is 0 Å². The molecule has 0 fully saturated rings. The second kappa shape index (κ2) is 4.07. The van der Waals surface area contributed by atoms with Crippen molar-refractivity contribution >= 4 is 17.4 Å². The predicted octanol–water partition coefficient (Wildman–Crippen LogP) is 3.05. The number of hydrogen-bond donors (Lipinski definition) is 1. The highest BCUT2D eigenvalue weighted by Gasteiger charge is 2.38. The molecule has 3 rings (SSSR count). The molecule has 1 aliphatic heterocycles. The quantitative estimate of drug-likeness (QED) is 0.852. The molecule has 0 saturated carbocycles. The lowest BCUT2D eigenvalue weighted by Crippen LogP contribution is -2.27. The van der Waals surface area contributed by atoms with Gasteiger partial charge in [-0.1, -0.05) is 0 Å². The topological polar surface area (TPSA) is 59.3 Å². The summed E-state index contributed by atoms with van der Waals surface area (Å²) < 4.78 is 5.36. The number of anilines is 1. The number of benzene rings is 1. The van der Waals surface area contributed by atoms with Crippen LogP contribution in [0.1, 0.15) is 41.3 Å². The molecule has 4 heteroatoms. The van der Waals surface area contributed by atoms with E-state index in [-0.39, 0.29) is 11.7 Å². The Morgan fingerprint density at radius 3 is 2.60 bits per heavy atom. The summed E-state index contributed by atoms with van der Waals surface area (Å²) in [4.78, 5) is 24.2. The maximum absolute atomic E-state index is 12.4. The molecule has 0 bridgehead atoms. The van der Waals surface area contributed by atoms with Crippen LogP contribution in [0.4, 0.5) is 5.69 Å². The smallest absolute Gasteiger partial charge is 0.234 e. The largest absolute Gasteiger partial charge is 0.458 e. The van der Waals surface area contributed by atoms with Gasteiger partial charge in [0.25, 0.3) is 0 Å². The van der Waals surface area contributed by atoms with Crippen LogP contribution in [-0.4, -0.2) is 11.7 Å². The van der Waals surface area contributed by atoms with E-state index in [0.717, 1.165) is 11.3 Å². The van der Waals surface area contributed by atoms with E-state index in [0.29, 0.717) is 17.1 Å². The first-order valence-electron chi connectivity index (χ1n) is 6.47. The Morgan fingerprint density at radius 1 is 1.20 bits per heavy atom. The molecule has 1 N–H and O–H groups in total. The fourth-order valence-electron chi connectivity index (χ4n) is 2.41. The SMILES string of the molecule is Cc1ccc(C(=O)c2ccc3c(c2)C(C)(C)C(=O)N3)o1. The van der Waals surface area contributed by atoms with E-state index >= 15 is 0 Å². The van der Waals surface area contributed by atoms with E-state index in [1.54, 1.807) is 37.3 Å². The van der Waals surface area contributed by atoms with E-state index < -0.39 is 5.41 Å². The normalized spacial score (nSPS) is 15.8. The fraction of sp³-hybridized carbons (Fsp3) is 0.250. The first-order chi connectivity index (χ1) is 9.39. The van der Waals surface area contributed by atoms with E-state index in [1.165, 1.54) is 0 Å². The lowest BCUT2D eigenvalue weighted by Gasteiger charge is -2.15. The Labute approximate surface area is 116 Å². The molecule has 2 heterocycles. The number of nitrogens with one attached hydrogen (secondary N) is 1. The summed E-state index contributed by atoms with van der Waals surface area (Å²) in [7, 11) is 0.